The molecule has 0 radical (unpaired) electrons. The van der Waals surface area contributed by atoms with Crippen LogP contribution in [0.1, 0.15) is 62.8 Å². The van der Waals surface area contributed by atoms with Crippen molar-refractivity contribution in [2.45, 2.75) is 71.0 Å². The number of nitrogens with one attached hydrogen (secondary N) is 2. The zero-order valence-corrected chi connectivity index (χ0v) is 27.8. The lowest BCUT2D eigenvalue weighted by atomic mass is 9.92. The normalized spacial score (nSPS) is 20.3. The molecule has 2 fully saturated rings. The van der Waals surface area contributed by atoms with E-state index in [1.165, 1.54) is 5.56 Å². The van der Waals surface area contributed by atoms with Crippen molar-refractivity contribution in [2.24, 2.45) is 5.92 Å². The number of piperazine rings is 1. The fraction of sp³-hybridized carbons (Fsp3) is 0.571. The molecule has 2 aromatic rings. The van der Waals surface area contributed by atoms with Crippen molar-refractivity contribution in [2.75, 3.05) is 52.4 Å². The Morgan fingerprint density at radius 1 is 0.956 bits per heavy atom. The van der Waals surface area contributed by atoms with Crippen LogP contribution in [0.2, 0.25) is 5.02 Å². The number of hydrogen-bond donors (Lipinski definition) is 2. The van der Waals surface area contributed by atoms with Crippen LogP contribution in [-0.2, 0) is 27.2 Å². The molecule has 3 amide bonds. The van der Waals surface area contributed by atoms with Crippen LogP contribution in [0.3, 0.4) is 0 Å². The molecule has 10 heteroatoms. The van der Waals surface area contributed by atoms with E-state index in [0.717, 1.165) is 69.7 Å². The van der Waals surface area contributed by atoms with Crippen LogP contribution >= 0.6 is 11.6 Å². The predicted octanol–water partition coefficient (Wildman–Crippen LogP) is 3.67. The second-order valence-corrected chi connectivity index (χ2v) is 13.6. The van der Waals surface area contributed by atoms with Gasteiger partial charge in [-0.2, -0.15) is 0 Å². The van der Waals surface area contributed by atoms with Crippen molar-refractivity contribution >= 4 is 29.3 Å². The van der Waals surface area contributed by atoms with Crippen molar-refractivity contribution in [1.29, 1.82) is 0 Å². The van der Waals surface area contributed by atoms with Crippen LogP contribution < -0.4 is 10.6 Å². The summed E-state index contributed by atoms with van der Waals surface area (Å²) in [4.78, 5) is 43.3. The molecule has 3 aliphatic rings. The molecule has 0 bridgehead atoms. The number of nitrogens with zero attached hydrogens (tertiary/aromatic N) is 4. The Labute approximate surface area is 273 Å². The third-order valence-electron chi connectivity index (χ3n) is 9.41. The molecular weight excluding hydrogens is 588 g/mol. The SMILES string of the molecule is CC(=O)N1CCN(N(CC(C)C)C2CCN(C(=O)C(Cc3ccc(Cl)cc3)NC(=O)CC3NCCc4ccccc43)CC2)CC1. The minimum Gasteiger partial charge on any atom is -0.344 e. The predicted molar refractivity (Wildman–Crippen MR) is 178 cm³/mol. The molecule has 3 aliphatic heterocycles. The number of likely N-dealkylation sites (tertiary alicyclic amines) is 1. The monoisotopic (exact) mass is 636 g/mol. The molecule has 5 rings (SSSR count). The van der Waals surface area contributed by atoms with E-state index in [2.05, 4.69) is 46.6 Å². The maximum atomic E-state index is 14.1. The average molecular weight is 637 g/mol. The number of amides is 3. The van der Waals surface area contributed by atoms with Crippen molar-refractivity contribution in [3.05, 3.63) is 70.2 Å². The first-order valence-electron chi connectivity index (χ1n) is 16.6. The largest absolute Gasteiger partial charge is 0.344 e. The molecule has 2 unspecified atom stereocenters. The van der Waals surface area contributed by atoms with Gasteiger partial charge >= 0.3 is 0 Å². The second-order valence-electron chi connectivity index (χ2n) is 13.1. The molecule has 2 N–H and O–H groups in total. The number of hydrogen-bond acceptors (Lipinski definition) is 6. The van der Waals surface area contributed by atoms with Crippen LogP contribution in [0, 0.1) is 5.92 Å². The maximum absolute atomic E-state index is 14.1. The number of carbonyl (C=O) groups is 3. The number of carbonyl (C=O) groups excluding carboxylic acids is 3. The highest BCUT2D eigenvalue weighted by atomic mass is 35.5. The third kappa shape index (κ3) is 8.85. The van der Waals surface area contributed by atoms with Gasteiger partial charge in [-0.15, -0.1) is 0 Å². The van der Waals surface area contributed by atoms with Gasteiger partial charge in [0.25, 0.3) is 0 Å². The standard InChI is InChI=1S/C35H49ClN6O3/c1-25(2)24-42(41-20-18-39(19-21-41)26(3)43)30-13-16-40(17-14-30)35(45)33(22-27-8-10-29(36)11-9-27)38-34(44)23-32-31-7-5-4-6-28(31)12-15-37-32/h4-11,25,30,32-33,37H,12-24H2,1-3H3,(H,38,44). The van der Waals surface area contributed by atoms with Crippen LogP contribution in [0.15, 0.2) is 48.5 Å². The first-order chi connectivity index (χ1) is 21.7. The summed E-state index contributed by atoms with van der Waals surface area (Å²) in [5.74, 6) is 0.482. The summed E-state index contributed by atoms with van der Waals surface area (Å²) in [6, 6.07) is 15.4. The average Bonchev–Trinajstić information content (AvgIpc) is 3.04. The number of piperidine rings is 1. The lowest BCUT2D eigenvalue weighted by Crippen LogP contribution is -2.60. The van der Waals surface area contributed by atoms with Gasteiger partial charge in [-0.3, -0.25) is 14.4 Å². The minimum atomic E-state index is -0.652. The Balaban J connectivity index is 1.23. The molecule has 244 valence electrons. The summed E-state index contributed by atoms with van der Waals surface area (Å²) in [6.07, 6.45) is 3.39. The van der Waals surface area contributed by atoms with Crippen molar-refractivity contribution < 1.29 is 14.4 Å². The molecule has 9 nitrogen and oxygen atoms in total. The second kappa shape index (κ2) is 15.5. The summed E-state index contributed by atoms with van der Waals surface area (Å²) < 4.78 is 0. The van der Waals surface area contributed by atoms with E-state index >= 15 is 0 Å². The number of benzene rings is 2. The quantitative estimate of drug-likeness (QED) is 0.414. The summed E-state index contributed by atoms with van der Waals surface area (Å²) in [5, 5.41) is 12.2. The minimum absolute atomic E-state index is 0.0285. The molecule has 2 atom stereocenters. The number of fused-ring (bicyclic) bond motifs is 1. The maximum Gasteiger partial charge on any atom is 0.245 e. The van der Waals surface area contributed by atoms with E-state index in [-0.39, 0.29) is 30.2 Å². The number of halogens is 1. The lowest BCUT2D eigenvalue weighted by molar-refractivity contribution is -0.143. The molecule has 3 heterocycles. The van der Waals surface area contributed by atoms with E-state index in [1.807, 2.05) is 46.2 Å². The van der Waals surface area contributed by atoms with Crippen LogP contribution in [0.5, 0.6) is 0 Å². The van der Waals surface area contributed by atoms with E-state index in [1.54, 1.807) is 6.92 Å². The van der Waals surface area contributed by atoms with Gasteiger partial charge in [0.2, 0.25) is 17.7 Å². The van der Waals surface area contributed by atoms with Gasteiger partial charge in [0.05, 0.1) is 0 Å². The molecule has 0 saturated carbocycles. The smallest absolute Gasteiger partial charge is 0.245 e. The molecule has 2 aromatic carbocycles. The summed E-state index contributed by atoms with van der Waals surface area (Å²) in [5.41, 5.74) is 3.40. The summed E-state index contributed by atoms with van der Waals surface area (Å²) in [6.45, 7) is 12.4. The van der Waals surface area contributed by atoms with Gasteiger partial charge in [0.15, 0.2) is 0 Å². The van der Waals surface area contributed by atoms with Gasteiger partial charge in [0.1, 0.15) is 6.04 Å². The van der Waals surface area contributed by atoms with Gasteiger partial charge < -0.3 is 20.4 Å². The lowest BCUT2D eigenvalue weighted by Gasteiger charge is -2.47. The molecule has 2 saturated heterocycles. The topological polar surface area (TPSA) is 88.2 Å². The highest BCUT2D eigenvalue weighted by molar-refractivity contribution is 6.30. The molecular formula is C35H49ClN6O3. The van der Waals surface area contributed by atoms with Crippen molar-refractivity contribution in [3.8, 4) is 0 Å². The number of rotatable bonds is 10. The molecule has 0 aromatic heterocycles. The van der Waals surface area contributed by atoms with Gasteiger partial charge in [0, 0.05) is 82.7 Å². The van der Waals surface area contributed by atoms with Crippen LogP contribution in [0.4, 0.5) is 0 Å². The van der Waals surface area contributed by atoms with Gasteiger partial charge in [-0.1, -0.05) is 61.8 Å². The van der Waals surface area contributed by atoms with Gasteiger partial charge in [-0.05, 0) is 60.5 Å². The Kier molecular flexibility index (Phi) is 11.5. The Hall–Kier alpha value is -2.98. The van der Waals surface area contributed by atoms with Crippen LogP contribution in [-0.4, -0.2) is 102 Å². The molecule has 0 spiro atoms. The number of hydrazine groups is 1. The Bertz CT molecular complexity index is 1300. The van der Waals surface area contributed by atoms with E-state index < -0.39 is 6.04 Å². The van der Waals surface area contributed by atoms with E-state index in [9.17, 15) is 14.4 Å². The fourth-order valence-corrected chi connectivity index (χ4v) is 7.14. The molecule has 45 heavy (non-hydrogen) atoms. The van der Waals surface area contributed by atoms with Crippen molar-refractivity contribution in [3.63, 3.8) is 0 Å². The first-order valence-corrected chi connectivity index (χ1v) is 17.0. The highest BCUT2D eigenvalue weighted by Crippen LogP contribution is 2.26. The summed E-state index contributed by atoms with van der Waals surface area (Å²) in [7, 11) is 0. The fourth-order valence-electron chi connectivity index (χ4n) is 7.01. The van der Waals surface area contributed by atoms with E-state index in [4.69, 9.17) is 11.6 Å². The Morgan fingerprint density at radius 2 is 1.64 bits per heavy atom. The Morgan fingerprint density at radius 3 is 2.31 bits per heavy atom. The zero-order valence-electron chi connectivity index (χ0n) is 27.0. The highest BCUT2D eigenvalue weighted by Gasteiger charge is 2.35. The molecule has 0 aliphatic carbocycles. The first kappa shape index (κ1) is 33.4. The van der Waals surface area contributed by atoms with Crippen LogP contribution in [0.25, 0.3) is 0 Å². The zero-order chi connectivity index (χ0) is 31.9. The van der Waals surface area contributed by atoms with E-state index in [0.29, 0.717) is 36.5 Å². The third-order valence-corrected chi connectivity index (χ3v) is 9.66. The summed E-state index contributed by atoms with van der Waals surface area (Å²) >= 11 is 6.14. The van der Waals surface area contributed by atoms with Gasteiger partial charge in [-0.25, -0.2) is 10.0 Å². The van der Waals surface area contributed by atoms with Crippen molar-refractivity contribution in [1.82, 2.24) is 30.5 Å².